The first kappa shape index (κ1) is 32.5. The van der Waals surface area contributed by atoms with Gasteiger partial charge in [-0.3, -0.25) is 9.69 Å². The predicted octanol–water partition coefficient (Wildman–Crippen LogP) is 5.18. The highest BCUT2D eigenvalue weighted by atomic mass is 16.6. The maximum atomic E-state index is 13.3. The van der Waals surface area contributed by atoms with Crippen LogP contribution in [0.5, 0.6) is 0 Å². The number of urea groups is 1. The van der Waals surface area contributed by atoms with E-state index in [0.717, 1.165) is 19.3 Å². The predicted molar refractivity (Wildman–Crippen MR) is 170 cm³/mol. The van der Waals surface area contributed by atoms with Crippen LogP contribution in [0, 0.1) is 22.7 Å². The number of hydrogen-bond acceptors (Lipinski definition) is 6. The van der Waals surface area contributed by atoms with Gasteiger partial charge in [0.1, 0.15) is 12.3 Å². The Balaban J connectivity index is 1.11. The highest BCUT2D eigenvalue weighted by Gasteiger charge is 2.60. The van der Waals surface area contributed by atoms with E-state index in [2.05, 4.69) is 29.8 Å². The van der Waals surface area contributed by atoms with E-state index in [1.54, 1.807) is 29.2 Å². The van der Waals surface area contributed by atoms with Crippen molar-refractivity contribution in [2.45, 2.75) is 110 Å². The van der Waals surface area contributed by atoms with E-state index >= 15 is 0 Å². The monoisotopic (exact) mass is 611 g/mol. The summed E-state index contributed by atoms with van der Waals surface area (Å²) in [6.45, 7) is 16.0. The summed E-state index contributed by atoms with van der Waals surface area (Å²) in [6, 6.07) is 6.89. The van der Waals surface area contributed by atoms with Gasteiger partial charge in [-0.25, -0.2) is 9.59 Å². The molecule has 44 heavy (non-hydrogen) atoms. The second-order valence-electron chi connectivity index (χ2n) is 16.3. The smallest absolute Gasteiger partial charge is 0.407 e. The summed E-state index contributed by atoms with van der Waals surface area (Å²) in [4.78, 5) is 42.4. The van der Waals surface area contributed by atoms with Crippen molar-refractivity contribution in [3.8, 4) is 0 Å². The molecule has 4 N–H and O–H groups in total. The van der Waals surface area contributed by atoms with Gasteiger partial charge in [0.2, 0.25) is 0 Å². The van der Waals surface area contributed by atoms with Crippen molar-refractivity contribution in [1.82, 2.24) is 20.4 Å². The first-order chi connectivity index (χ1) is 20.5. The third-order valence-electron chi connectivity index (χ3n) is 10.0. The van der Waals surface area contributed by atoms with Crippen molar-refractivity contribution in [3.05, 3.63) is 29.8 Å². The Morgan fingerprint density at radius 3 is 2.05 bits per heavy atom. The fourth-order valence-electron chi connectivity index (χ4n) is 9.27. The molecule has 4 atom stereocenters. The fraction of sp³-hybridized carbons (Fsp3) is 0.735. The minimum atomic E-state index is -0.973. The number of benzene rings is 1. The molecule has 1 aromatic carbocycles. The third-order valence-corrected chi connectivity index (χ3v) is 10.0. The molecule has 1 aliphatic heterocycles. The van der Waals surface area contributed by atoms with Gasteiger partial charge in [0.25, 0.3) is 5.91 Å². The summed E-state index contributed by atoms with van der Waals surface area (Å²) in [7, 11) is 0. The van der Waals surface area contributed by atoms with E-state index in [-0.39, 0.29) is 23.4 Å². The lowest BCUT2D eigenvalue weighted by molar-refractivity contribution is -0.113. The van der Waals surface area contributed by atoms with Crippen LogP contribution in [0.3, 0.4) is 0 Å². The molecule has 4 bridgehead atoms. The summed E-state index contributed by atoms with van der Waals surface area (Å²) in [5.74, 6) is 0.511. The Kier molecular flexibility index (Phi) is 8.74. The summed E-state index contributed by atoms with van der Waals surface area (Å²) in [5.41, 5.74) is 1.28. The fourth-order valence-corrected chi connectivity index (χ4v) is 9.27. The van der Waals surface area contributed by atoms with Gasteiger partial charge in [0.05, 0.1) is 0 Å². The van der Waals surface area contributed by atoms with Crippen LogP contribution < -0.4 is 16.0 Å². The molecule has 1 saturated heterocycles. The summed E-state index contributed by atoms with van der Waals surface area (Å²) in [5, 5.41) is 20.2. The number of alkyl carbamates (subject to hydrolysis) is 1. The van der Waals surface area contributed by atoms with Gasteiger partial charge in [0.15, 0.2) is 0 Å². The van der Waals surface area contributed by atoms with Crippen LogP contribution in [0.1, 0.15) is 97.3 Å². The number of nitrogens with one attached hydrogen (secondary N) is 3. The molecule has 4 saturated carbocycles. The zero-order valence-electron chi connectivity index (χ0n) is 27.7. The van der Waals surface area contributed by atoms with Gasteiger partial charge >= 0.3 is 12.1 Å². The number of carbonyl (C=O) groups excluding carboxylic acids is 3. The number of aliphatic hydroxyl groups is 1. The van der Waals surface area contributed by atoms with Crippen LogP contribution in [0.25, 0.3) is 0 Å². The molecule has 4 amide bonds. The minimum absolute atomic E-state index is 0.0913. The molecular weight excluding hydrogens is 558 g/mol. The van der Waals surface area contributed by atoms with Crippen molar-refractivity contribution in [1.29, 1.82) is 0 Å². The highest BCUT2D eigenvalue weighted by Crippen LogP contribution is 2.66. The molecule has 5 aliphatic rings. The lowest BCUT2D eigenvalue weighted by Gasteiger charge is -2.65. The number of amides is 4. The Morgan fingerprint density at radius 1 is 0.932 bits per heavy atom. The first-order valence-corrected chi connectivity index (χ1v) is 16.4. The van der Waals surface area contributed by atoms with Crippen molar-refractivity contribution in [2.24, 2.45) is 22.7 Å². The zero-order chi connectivity index (χ0) is 32.1. The number of rotatable bonds is 7. The van der Waals surface area contributed by atoms with Crippen LogP contribution in [0.4, 0.5) is 15.3 Å². The second kappa shape index (κ2) is 11.8. The number of aliphatic hydroxyl groups excluding tert-OH is 1. The highest BCUT2D eigenvalue weighted by molar-refractivity contribution is 5.95. The van der Waals surface area contributed by atoms with Gasteiger partial charge in [0, 0.05) is 48.5 Å². The van der Waals surface area contributed by atoms with E-state index in [1.807, 2.05) is 39.5 Å². The third kappa shape index (κ3) is 7.33. The van der Waals surface area contributed by atoms with Crippen LogP contribution in [0.15, 0.2) is 24.3 Å². The largest absolute Gasteiger partial charge is 0.442 e. The van der Waals surface area contributed by atoms with E-state index in [1.165, 1.54) is 19.3 Å². The number of ether oxygens (including phenoxy) is 1. The average molecular weight is 612 g/mol. The average Bonchev–Trinajstić information content (AvgIpc) is 2.88. The van der Waals surface area contributed by atoms with Gasteiger partial charge in [-0.1, -0.05) is 27.7 Å². The number of carbonyl (C=O) groups is 3. The maximum Gasteiger partial charge on any atom is 0.407 e. The standard InChI is InChI=1S/C34H53N5O5/c1-22(2)26(44-30(43)37-31(3,4)5)28(41)39-14-12-38(13-15-39)27(40)24-8-10-25(11-9-24)35-29(42)36-34-18-23-16-32(6,20-34)19-33(7,17-23)21-34/h8-11,22-23,26,28,41H,12-21H2,1-7H3,(H,37,43)(H2,35,36,42). The Hall–Kier alpha value is -2.85. The van der Waals surface area contributed by atoms with Crippen molar-refractivity contribution in [3.63, 3.8) is 0 Å². The quantitative estimate of drug-likeness (QED) is 0.337. The SMILES string of the molecule is CC(C)C(OC(=O)NC(C)(C)C)C(O)N1CCN(C(=O)c2ccc(NC(=O)NC34CC5CC(C)(CC(C)(C5)C3)C4)cc2)CC1. The van der Waals surface area contributed by atoms with Crippen LogP contribution >= 0.6 is 0 Å². The summed E-state index contributed by atoms with van der Waals surface area (Å²) < 4.78 is 5.61. The zero-order valence-corrected chi connectivity index (χ0v) is 27.7. The molecule has 4 unspecified atom stereocenters. The number of piperazine rings is 1. The van der Waals surface area contributed by atoms with Crippen molar-refractivity contribution >= 4 is 23.7 Å². The lowest BCUT2D eigenvalue weighted by Crippen LogP contribution is -2.65. The molecule has 1 aromatic rings. The van der Waals surface area contributed by atoms with Crippen molar-refractivity contribution < 1.29 is 24.2 Å². The molecule has 5 fully saturated rings. The van der Waals surface area contributed by atoms with E-state index in [0.29, 0.717) is 54.2 Å². The molecule has 0 radical (unpaired) electrons. The van der Waals surface area contributed by atoms with E-state index in [9.17, 15) is 19.5 Å². The topological polar surface area (TPSA) is 123 Å². The number of hydrogen-bond donors (Lipinski definition) is 4. The molecule has 10 nitrogen and oxygen atoms in total. The Morgan fingerprint density at radius 2 is 1.52 bits per heavy atom. The minimum Gasteiger partial charge on any atom is -0.442 e. The molecule has 6 rings (SSSR count). The van der Waals surface area contributed by atoms with Gasteiger partial charge in [-0.05, 0) is 106 Å². The van der Waals surface area contributed by atoms with Crippen LogP contribution in [-0.2, 0) is 4.74 Å². The van der Waals surface area contributed by atoms with Gasteiger partial charge in [-0.2, -0.15) is 0 Å². The van der Waals surface area contributed by atoms with Gasteiger partial charge < -0.3 is 30.7 Å². The van der Waals surface area contributed by atoms with Crippen LogP contribution in [0.2, 0.25) is 0 Å². The Bertz CT molecular complexity index is 1220. The summed E-state index contributed by atoms with van der Waals surface area (Å²) in [6.07, 6.45) is 4.76. The molecule has 1 heterocycles. The van der Waals surface area contributed by atoms with E-state index < -0.39 is 24.0 Å². The Labute approximate surface area is 262 Å². The lowest BCUT2D eigenvalue weighted by atomic mass is 9.43. The molecule has 0 spiro atoms. The summed E-state index contributed by atoms with van der Waals surface area (Å²) >= 11 is 0. The molecule has 10 heteroatoms. The van der Waals surface area contributed by atoms with Crippen molar-refractivity contribution in [2.75, 3.05) is 31.5 Å². The first-order valence-electron chi connectivity index (χ1n) is 16.4. The number of nitrogens with zero attached hydrogens (tertiary/aromatic N) is 2. The van der Waals surface area contributed by atoms with Gasteiger partial charge in [-0.15, -0.1) is 0 Å². The molecule has 4 aliphatic carbocycles. The normalized spacial score (nSPS) is 31.4. The molecule has 244 valence electrons. The van der Waals surface area contributed by atoms with E-state index in [4.69, 9.17) is 4.74 Å². The number of anilines is 1. The van der Waals surface area contributed by atoms with Crippen LogP contribution in [-0.4, -0.2) is 82.5 Å². The molecular formula is C34H53N5O5. The molecule has 0 aromatic heterocycles. The maximum absolute atomic E-state index is 13.3. The second-order valence-corrected chi connectivity index (χ2v) is 16.3.